The van der Waals surface area contributed by atoms with Gasteiger partial charge in [0.1, 0.15) is 0 Å². The van der Waals surface area contributed by atoms with Gasteiger partial charge in [0.15, 0.2) is 0 Å². The zero-order valence-corrected chi connectivity index (χ0v) is 10.6. The van der Waals surface area contributed by atoms with E-state index in [0.717, 1.165) is 32.2 Å². The highest BCUT2D eigenvalue weighted by Gasteiger charge is 2.29. The Morgan fingerprint density at radius 3 is 2.60 bits per heavy atom. The van der Waals surface area contributed by atoms with Gasteiger partial charge in [0.2, 0.25) is 5.91 Å². The van der Waals surface area contributed by atoms with Gasteiger partial charge in [-0.3, -0.25) is 4.79 Å². The molecule has 0 spiro atoms. The van der Waals surface area contributed by atoms with Crippen LogP contribution in [0.5, 0.6) is 0 Å². The monoisotopic (exact) mass is 231 g/mol. The summed E-state index contributed by atoms with van der Waals surface area (Å²) in [5.41, 5.74) is 0. The van der Waals surface area contributed by atoms with Crippen LogP contribution in [-0.2, 0) is 4.79 Å². The van der Waals surface area contributed by atoms with E-state index in [4.69, 9.17) is 11.6 Å². The molecular weight excluding hydrogens is 210 g/mol. The number of carbonyl (C=O) groups excluding carboxylic acids is 1. The van der Waals surface area contributed by atoms with Crippen molar-refractivity contribution in [1.82, 2.24) is 4.90 Å². The Labute approximate surface area is 98.0 Å². The second-order valence-corrected chi connectivity index (χ2v) is 4.66. The molecule has 0 N–H and O–H groups in total. The van der Waals surface area contributed by atoms with Crippen LogP contribution in [0.4, 0.5) is 0 Å². The quantitative estimate of drug-likeness (QED) is 0.681. The van der Waals surface area contributed by atoms with E-state index in [0.29, 0.717) is 11.8 Å². The van der Waals surface area contributed by atoms with Crippen molar-refractivity contribution in [2.45, 2.75) is 52.0 Å². The second-order valence-electron chi connectivity index (χ2n) is 4.35. The molecule has 0 bridgehead atoms. The van der Waals surface area contributed by atoms with E-state index in [1.807, 2.05) is 4.90 Å². The smallest absolute Gasteiger partial charge is 0.225 e. The zero-order valence-electron chi connectivity index (χ0n) is 9.84. The van der Waals surface area contributed by atoms with Crippen molar-refractivity contribution >= 4 is 17.5 Å². The summed E-state index contributed by atoms with van der Waals surface area (Å²) >= 11 is 5.92. The van der Waals surface area contributed by atoms with Crippen LogP contribution in [0.2, 0.25) is 0 Å². The fourth-order valence-corrected chi connectivity index (χ4v) is 2.64. The van der Waals surface area contributed by atoms with E-state index in [-0.39, 0.29) is 12.0 Å². The second kappa shape index (κ2) is 6.37. The van der Waals surface area contributed by atoms with Crippen molar-refractivity contribution < 1.29 is 4.79 Å². The van der Waals surface area contributed by atoms with Gasteiger partial charge in [-0.05, 0) is 32.1 Å². The molecular formula is C12H22ClNO. The van der Waals surface area contributed by atoms with E-state index in [9.17, 15) is 4.79 Å². The molecule has 1 atom stereocenters. The third kappa shape index (κ3) is 3.10. The molecule has 3 heteroatoms. The maximum atomic E-state index is 12.2. The van der Waals surface area contributed by atoms with Gasteiger partial charge in [0.25, 0.3) is 0 Å². The van der Waals surface area contributed by atoms with E-state index >= 15 is 0 Å². The predicted molar refractivity (Wildman–Crippen MR) is 64.1 cm³/mol. The molecule has 0 aliphatic carbocycles. The van der Waals surface area contributed by atoms with Crippen LogP contribution in [0.25, 0.3) is 0 Å². The van der Waals surface area contributed by atoms with Crippen LogP contribution in [0.15, 0.2) is 0 Å². The molecule has 2 nitrogen and oxygen atoms in total. The largest absolute Gasteiger partial charge is 0.338 e. The number of halogens is 1. The highest BCUT2D eigenvalue weighted by Crippen LogP contribution is 2.22. The number of alkyl halides is 1. The molecule has 0 radical (unpaired) electrons. The minimum Gasteiger partial charge on any atom is -0.338 e. The van der Waals surface area contributed by atoms with Crippen LogP contribution in [0, 0.1) is 5.92 Å². The molecule has 1 aliphatic rings. The number of piperidine rings is 1. The van der Waals surface area contributed by atoms with Gasteiger partial charge in [-0.1, -0.05) is 13.8 Å². The zero-order chi connectivity index (χ0) is 11.3. The summed E-state index contributed by atoms with van der Waals surface area (Å²) < 4.78 is 0. The summed E-state index contributed by atoms with van der Waals surface area (Å²) in [6.45, 7) is 5.09. The molecule has 1 rings (SSSR count). The third-order valence-electron chi connectivity index (χ3n) is 3.42. The molecule has 1 unspecified atom stereocenters. The van der Waals surface area contributed by atoms with Crippen molar-refractivity contribution in [3.05, 3.63) is 0 Å². The fourth-order valence-electron chi connectivity index (χ4n) is 2.32. The molecule has 0 aromatic heterocycles. The highest BCUT2D eigenvalue weighted by atomic mass is 35.5. The molecule has 1 amide bonds. The number of hydrogen-bond acceptors (Lipinski definition) is 1. The van der Waals surface area contributed by atoms with Gasteiger partial charge in [-0.15, -0.1) is 11.6 Å². The first kappa shape index (κ1) is 12.8. The van der Waals surface area contributed by atoms with Crippen LogP contribution in [0.3, 0.4) is 0 Å². The van der Waals surface area contributed by atoms with Crippen LogP contribution in [-0.4, -0.2) is 29.3 Å². The number of nitrogens with zero attached hydrogens (tertiary/aromatic N) is 1. The molecule has 0 aromatic carbocycles. The highest BCUT2D eigenvalue weighted by molar-refractivity contribution is 6.18. The lowest BCUT2D eigenvalue weighted by Crippen LogP contribution is -2.47. The Balaban J connectivity index is 2.62. The van der Waals surface area contributed by atoms with Crippen LogP contribution >= 0.6 is 11.6 Å². The summed E-state index contributed by atoms with van der Waals surface area (Å²) in [6.07, 6.45) is 5.32. The maximum absolute atomic E-state index is 12.2. The summed E-state index contributed by atoms with van der Waals surface area (Å²) in [5, 5.41) is 0. The lowest BCUT2D eigenvalue weighted by atomic mass is 9.97. The number of rotatable bonds is 4. The van der Waals surface area contributed by atoms with Crippen molar-refractivity contribution in [2.24, 2.45) is 5.92 Å². The number of carbonyl (C=O) groups is 1. The van der Waals surface area contributed by atoms with E-state index < -0.39 is 0 Å². The Kier molecular flexibility index (Phi) is 5.44. The van der Waals surface area contributed by atoms with E-state index in [1.165, 1.54) is 6.42 Å². The summed E-state index contributed by atoms with van der Waals surface area (Å²) in [4.78, 5) is 14.2. The first-order valence-electron chi connectivity index (χ1n) is 6.11. The average Bonchev–Trinajstić information content (AvgIpc) is 2.30. The topological polar surface area (TPSA) is 20.3 Å². The normalized spacial score (nSPS) is 22.1. The molecule has 1 aliphatic heterocycles. The first-order chi connectivity index (χ1) is 7.24. The Hall–Kier alpha value is -0.240. The fraction of sp³-hybridized carbons (Fsp3) is 0.917. The minimum absolute atomic E-state index is 0.203. The summed E-state index contributed by atoms with van der Waals surface area (Å²) in [5.74, 6) is 1.12. The van der Waals surface area contributed by atoms with E-state index in [2.05, 4.69) is 13.8 Å². The van der Waals surface area contributed by atoms with Gasteiger partial charge in [-0.25, -0.2) is 0 Å². The molecule has 88 valence electrons. The molecule has 1 heterocycles. The SMILES string of the molecule is CCC(CC)C(=O)N1CCCCC1CCl. The lowest BCUT2D eigenvalue weighted by molar-refractivity contribution is -0.139. The number of hydrogen-bond donors (Lipinski definition) is 0. The minimum atomic E-state index is 0.203. The Morgan fingerprint density at radius 2 is 2.07 bits per heavy atom. The predicted octanol–water partition coefficient (Wildman–Crippen LogP) is 3.04. The lowest BCUT2D eigenvalue weighted by Gasteiger charge is -2.36. The first-order valence-corrected chi connectivity index (χ1v) is 6.64. The van der Waals surface area contributed by atoms with Gasteiger partial charge in [-0.2, -0.15) is 0 Å². The molecule has 0 saturated carbocycles. The van der Waals surface area contributed by atoms with Gasteiger partial charge in [0, 0.05) is 24.4 Å². The molecule has 1 fully saturated rings. The van der Waals surface area contributed by atoms with Crippen LogP contribution < -0.4 is 0 Å². The van der Waals surface area contributed by atoms with Gasteiger partial charge < -0.3 is 4.90 Å². The number of likely N-dealkylation sites (tertiary alicyclic amines) is 1. The van der Waals surface area contributed by atoms with E-state index in [1.54, 1.807) is 0 Å². The van der Waals surface area contributed by atoms with Crippen molar-refractivity contribution in [3.63, 3.8) is 0 Å². The number of amides is 1. The van der Waals surface area contributed by atoms with Gasteiger partial charge in [0.05, 0.1) is 0 Å². The molecule has 1 saturated heterocycles. The van der Waals surface area contributed by atoms with Crippen LogP contribution in [0.1, 0.15) is 46.0 Å². The van der Waals surface area contributed by atoms with Crippen molar-refractivity contribution in [3.8, 4) is 0 Å². The van der Waals surface area contributed by atoms with Crippen molar-refractivity contribution in [1.29, 1.82) is 0 Å². The Bertz CT molecular complexity index is 204. The maximum Gasteiger partial charge on any atom is 0.225 e. The Morgan fingerprint density at radius 1 is 1.40 bits per heavy atom. The third-order valence-corrected chi connectivity index (χ3v) is 3.78. The summed E-state index contributed by atoms with van der Waals surface area (Å²) in [6, 6.07) is 0.286. The molecule has 0 aromatic rings. The van der Waals surface area contributed by atoms with Gasteiger partial charge >= 0.3 is 0 Å². The summed E-state index contributed by atoms with van der Waals surface area (Å²) in [7, 11) is 0. The average molecular weight is 232 g/mol. The molecule has 15 heavy (non-hydrogen) atoms. The standard InChI is InChI=1S/C12H22ClNO/c1-3-10(4-2)12(15)14-8-6-5-7-11(14)9-13/h10-11H,3-9H2,1-2H3. The van der Waals surface area contributed by atoms with Crippen molar-refractivity contribution in [2.75, 3.05) is 12.4 Å².